The lowest BCUT2D eigenvalue weighted by atomic mass is 9.89. The highest BCUT2D eigenvalue weighted by molar-refractivity contribution is 5.80. The van der Waals surface area contributed by atoms with Crippen LogP contribution in [0.3, 0.4) is 0 Å². The van der Waals surface area contributed by atoms with Crippen molar-refractivity contribution in [2.45, 2.75) is 25.4 Å². The summed E-state index contributed by atoms with van der Waals surface area (Å²) in [7, 11) is 1.68. The van der Waals surface area contributed by atoms with Gasteiger partial charge in [-0.2, -0.15) is 0 Å². The van der Waals surface area contributed by atoms with E-state index in [1.54, 1.807) is 13.4 Å². The number of nitrogens with zero attached hydrogens (tertiary/aromatic N) is 4. The zero-order valence-electron chi connectivity index (χ0n) is 13.8. The maximum absolute atomic E-state index is 5.16. The second-order valence-corrected chi connectivity index (χ2v) is 6.21. The third-order valence-electron chi connectivity index (χ3n) is 4.74. The smallest absolute Gasteiger partial charge is 0.137 e. The second-order valence-electron chi connectivity index (χ2n) is 6.21. The van der Waals surface area contributed by atoms with Crippen LogP contribution in [0.15, 0.2) is 36.9 Å². The van der Waals surface area contributed by atoms with Crippen LogP contribution in [0.5, 0.6) is 0 Å². The number of pyridine rings is 1. The van der Waals surface area contributed by atoms with Gasteiger partial charge in [-0.3, -0.25) is 0 Å². The fraction of sp³-hybridized carbons (Fsp3) is 0.389. The topological polar surface area (TPSA) is 66.9 Å². The van der Waals surface area contributed by atoms with E-state index in [-0.39, 0.29) is 0 Å². The van der Waals surface area contributed by atoms with Crippen LogP contribution in [-0.2, 0) is 11.3 Å². The van der Waals surface area contributed by atoms with Crippen molar-refractivity contribution in [3.63, 3.8) is 0 Å². The Bertz CT molecular complexity index is 823. The monoisotopic (exact) mass is 323 g/mol. The Morgan fingerprint density at radius 3 is 2.96 bits per heavy atom. The molecule has 0 bridgehead atoms. The van der Waals surface area contributed by atoms with Gasteiger partial charge in [0.1, 0.15) is 17.8 Å². The quantitative estimate of drug-likeness (QED) is 0.799. The van der Waals surface area contributed by atoms with Crippen LogP contribution in [0.1, 0.15) is 30.0 Å². The summed E-state index contributed by atoms with van der Waals surface area (Å²) in [6.07, 6.45) is 7.81. The van der Waals surface area contributed by atoms with Gasteiger partial charge in [0.15, 0.2) is 0 Å². The number of fused-ring (bicyclic) bond motifs is 1. The molecule has 0 radical (unpaired) electrons. The summed E-state index contributed by atoms with van der Waals surface area (Å²) in [5.74, 6) is 1.57. The molecule has 6 nitrogen and oxygen atoms in total. The molecule has 4 heterocycles. The molecule has 0 unspecified atom stereocenters. The van der Waals surface area contributed by atoms with Crippen LogP contribution in [0.25, 0.3) is 11.0 Å². The van der Waals surface area contributed by atoms with Crippen molar-refractivity contribution in [1.82, 2.24) is 19.9 Å². The molecule has 0 atom stereocenters. The molecule has 4 rings (SSSR count). The molecule has 1 N–H and O–H groups in total. The number of hydrogen-bond acceptors (Lipinski definition) is 5. The highest BCUT2D eigenvalue weighted by atomic mass is 16.5. The van der Waals surface area contributed by atoms with Gasteiger partial charge in [0.2, 0.25) is 0 Å². The van der Waals surface area contributed by atoms with Gasteiger partial charge in [-0.25, -0.2) is 15.0 Å². The largest absolute Gasteiger partial charge is 0.378 e. The molecule has 6 heteroatoms. The van der Waals surface area contributed by atoms with Crippen molar-refractivity contribution >= 4 is 16.9 Å². The molecule has 3 aromatic heterocycles. The summed E-state index contributed by atoms with van der Waals surface area (Å²) in [5.41, 5.74) is 3.29. The van der Waals surface area contributed by atoms with Crippen molar-refractivity contribution in [1.29, 1.82) is 0 Å². The molecule has 3 aromatic rings. The first-order valence-electron chi connectivity index (χ1n) is 8.32. The predicted octanol–water partition coefficient (Wildman–Crippen LogP) is 2.88. The third kappa shape index (κ3) is 2.85. The molecule has 0 aromatic carbocycles. The van der Waals surface area contributed by atoms with E-state index in [1.165, 1.54) is 10.9 Å². The lowest BCUT2D eigenvalue weighted by Crippen LogP contribution is -2.33. The number of rotatable bonds is 4. The van der Waals surface area contributed by atoms with Crippen LogP contribution in [0.2, 0.25) is 0 Å². The van der Waals surface area contributed by atoms with Crippen LogP contribution in [-0.4, -0.2) is 40.1 Å². The van der Waals surface area contributed by atoms with Crippen LogP contribution in [0.4, 0.5) is 5.82 Å². The molecule has 24 heavy (non-hydrogen) atoms. The lowest BCUT2D eigenvalue weighted by Gasteiger charge is -2.32. The Morgan fingerprint density at radius 2 is 2.12 bits per heavy atom. The first-order chi connectivity index (χ1) is 11.8. The number of anilines is 1. The molecular formula is C18H21N5O. The van der Waals surface area contributed by atoms with Gasteiger partial charge in [-0.15, -0.1) is 0 Å². The van der Waals surface area contributed by atoms with Gasteiger partial charge < -0.3 is 14.6 Å². The Morgan fingerprint density at radius 1 is 1.25 bits per heavy atom. The summed E-state index contributed by atoms with van der Waals surface area (Å²) in [6.45, 7) is 2.52. The molecule has 1 saturated heterocycles. The molecule has 1 aliphatic heterocycles. The summed E-state index contributed by atoms with van der Waals surface area (Å²) in [6, 6.07) is 6.19. The van der Waals surface area contributed by atoms with E-state index >= 15 is 0 Å². The van der Waals surface area contributed by atoms with Crippen molar-refractivity contribution in [2.24, 2.45) is 0 Å². The molecular weight excluding hydrogens is 302 g/mol. The van der Waals surface area contributed by atoms with Crippen molar-refractivity contribution in [3.8, 4) is 0 Å². The lowest BCUT2D eigenvalue weighted by molar-refractivity contribution is 0.181. The number of nitrogens with one attached hydrogen (secondary N) is 1. The Labute approximate surface area is 140 Å². The maximum atomic E-state index is 5.16. The van der Waals surface area contributed by atoms with Crippen LogP contribution >= 0.6 is 0 Å². The zero-order valence-corrected chi connectivity index (χ0v) is 13.8. The number of piperidine rings is 1. The number of aromatic nitrogens is 4. The van der Waals surface area contributed by atoms with Crippen LogP contribution in [0, 0.1) is 0 Å². The summed E-state index contributed by atoms with van der Waals surface area (Å²) in [4.78, 5) is 18.7. The van der Waals surface area contributed by atoms with Gasteiger partial charge >= 0.3 is 0 Å². The molecule has 0 saturated carbocycles. The normalized spacial score (nSPS) is 16.0. The minimum atomic E-state index is 0.522. The standard InChI is InChI=1S/C18H21N5O/c1-24-11-14-9-17(22-12-21-14)23-7-4-13(5-8-23)16-10-20-18-15(16)3-2-6-19-18/h2-3,6,9-10,12-13H,4-5,7-8,11H2,1H3,(H,19,20). The first kappa shape index (κ1) is 15.1. The Kier molecular flexibility index (Phi) is 4.13. The highest BCUT2D eigenvalue weighted by Gasteiger charge is 2.23. The van der Waals surface area contributed by atoms with E-state index in [0.29, 0.717) is 12.5 Å². The SMILES string of the molecule is COCc1cc(N2CCC(c3c[nH]c4ncccc34)CC2)ncn1. The fourth-order valence-corrected chi connectivity index (χ4v) is 3.52. The van der Waals surface area contributed by atoms with E-state index in [2.05, 4.69) is 37.1 Å². The first-order valence-corrected chi connectivity index (χ1v) is 8.32. The molecule has 124 valence electrons. The van der Waals surface area contributed by atoms with Crippen LogP contribution < -0.4 is 4.90 Å². The number of ether oxygens (including phenoxy) is 1. The molecule has 0 aliphatic carbocycles. The van der Waals surface area contributed by atoms with E-state index in [1.807, 2.05) is 18.3 Å². The number of hydrogen-bond donors (Lipinski definition) is 1. The maximum Gasteiger partial charge on any atom is 0.137 e. The van der Waals surface area contributed by atoms with E-state index in [9.17, 15) is 0 Å². The molecule has 1 fully saturated rings. The zero-order chi connectivity index (χ0) is 16.4. The van der Waals surface area contributed by atoms with E-state index in [0.717, 1.165) is 43.1 Å². The van der Waals surface area contributed by atoms with E-state index < -0.39 is 0 Å². The van der Waals surface area contributed by atoms with Gasteiger partial charge in [0, 0.05) is 44.0 Å². The van der Waals surface area contributed by atoms with E-state index in [4.69, 9.17) is 4.74 Å². The summed E-state index contributed by atoms with van der Waals surface area (Å²) < 4.78 is 5.16. The number of methoxy groups -OCH3 is 1. The third-order valence-corrected chi connectivity index (χ3v) is 4.74. The van der Waals surface area contributed by atoms with Crippen molar-refractivity contribution in [2.75, 3.05) is 25.1 Å². The molecule has 0 amide bonds. The Balaban J connectivity index is 1.48. The minimum Gasteiger partial charge on any atom is -0.378 e. The average Bonchev–Trinajstić information content (AvgIpc) is 3.07. The van der Waals surface area contributed by atoms with Gasteiger partial charge in [0.05, 0.1) is 12.3 Å². The average molecular weight is 323 g/mol. The Hall–Kier alpha value is -2.47. The number of H-pyrrole nitrogens is 1. The number of aromatic amines is 1. The van der Waals surface area contributed by atoms with Gasteiger partial charge in [-0.1, -0.05) is 0 Å². The minimum absolute atomic E-state index is 0.522. The molecule has 0 spiro atoms. The highest BCUT2D eigenvalue weighted by Crippen LogP contribution is 2.33. The van der Waals surface area contributed by atoms with Gasteiger partial charge in [-0.05, 0) is 36.5 Å². The fourth-order valence-electron chi connectivity index (χ4n) is 3.52. The van der Waals surface area contributed by atoms with Crippen molar-refractivity contribution < 1.29 is 4.74 Å². The van der Waals surface area contributed by atoms with Crippen molar-refractivity contribution in [3.05, 3.63) is 48.2 Å². The predicted molar refractivity (Wildman–Crippen MR) is 93.0 cm³/mol. The summed E-state index contributed by atoms with van der Waals surface area (Å²) in [5, 5.41) is 1.25. The van der Waals surface area contributed by atoms with Gasteiger partial charge in [0.25, 0.3) is 0 Å². The summed E-state index contributed by atoms with van der Waals surface area (Å²) >= 11 is 0. The molecule has 1 aliphatic rings. The second kappa shape index (κ2) is 6.57.